The Morgan fingerprint density at radius 3 is 2.33 bits per heavy atom. The molecule has 0 unspecified atom stereocenters. The predicted octanol–water partition coefficient (Wildman–Crippen LogP) is 2.13. The lowest BCUT2D eigenvalue weighted by Crippen LogP contribution is -2.20. The fourth-order valence-corrected chi connectivity index (χ4v) is 1.17. The molecule has 1 rings (SSSR count). The maximum atomic E-state index is 5.77. The van der Waals surface area contributed by atoms with Gasteiger partial charge in [-0.1, -0.05) is 20.8 Å². The Bertz CT molecular complexity index is 352. The molecular formula is C11H20N4. The van der Waals surface area contributed by atoms with Crippen LogP contribution in [0.15, 0.2) is 0 Å². The van der Waals surface area contributed by atoms with Crippen molar-refractivity contribution < 1.29 is 0 Å². The molecule has 15 heavy (non-hydrogen) atoms. The monoisotopic (exact) mass is 208 g/mol. The molecule has 0 aliphatic heterocycles. The Kier molecular flexibility index (Phi) is 3.17. The van der Waals surface area contributed by atoms with Crippen LogP contribution in [-0.4, -0.2) is 16.5 Å². The van der Waals surface area contributed by atoms with Crippen LogP contribution in [-0.2, 0) is 0 Å². The average molecular weight is 208 g/mol. The third-order valence-electron chi connectivity index (χ3n) is 2.08. The van der Waals surface area contributed by atoms with Gasteiger partial charge < -0.3 is 11.1 Å². The molecule has 0 radical (unpaired) electrons. The molecule has 84 valence electrons. The molecule has 0 saturated carbocycles. The average Bonchev–Trinajstić information content (AvgIpc) is 2.07. The van der Waals surface area contributed by atoms with Gasteiger partial charge >= 0.3 is 0 Å². The maximum Gasteiger partial charge on any atom is 0.134 e. The summed E-state index contributed by atoms with van der Waals surface area (Å²) < 4.78 is 0. The molecule has 0 fully saturated rings. The molecule has 4 heteroatoms. The third-order valence-corrected chi connectivity index (χ3v) is 2.08. The Hall–Kier alpha value is -1.32. The fourth-order valence-electron chi connectivity index (χ4n) is 1.17. The largest absolute Gasteiger partial charge is 0.383 e. The van der Waals surface area contributed by atoms with Crippen LogP contribution >= 0.6 is 0 Å². The lowest BCUT2D eigenvalue weighted by molar-refractivity contribution is 0.442. The normalized spacial score (nSPS) is 11.5. The highest BCUT2D eigenvalue weighted by atomic mass is 15.1. The highest BCUT2D eigenvalue weighted by Crippen LogP contribution is 2.19. The van der Waals surface area contributed by atoms with E-state index in [9.17, 15) is 0 Å². The molecule has 0 aliphatic rings. The summed E-state index contributed by atoms with van der Waals surface area (Å²) in [6, 6.07) is 0. The molecule has 0 spiro atoms. The van der Waals surface area contributed by atoms with E-state index in [0.717, 1.165) is 17.9 Å². The van der Waals surface area contributed by atoms with Crippen LogP contribution in [0.2, 0.25) is 0 Å². The molecule has 0 aliphatic carbocycles. The molecule has 0 amide bonds. The van der Waals surface area contributed by atoms with E-state index in [4.69, 9.17) is 5.73 Å². The number of hydrogen-bond donors (Lipinski definition) is 2. The lowest BCUT2D eigenvalue weighted by atomic mass is 9.97. The molecule has 0 aromatic carbocycles. The van der Waals surface area contributed by atoms with Gasteiger partial charge in [0.25, 0.3) is 0 Å². The number of nitrogens with zero attached hydrogens (tertiary/aromatic N) is 2. The van der Waals surface area contributed by atoms with Crippen molar-refractivity contribution in [1.29, 1.82) is 0 Å². The second-order valence-electron chi connectivity index (χ2n) is 5.04. The highest BCUT2D eigenvalue weighted by molar-refractivity contribution is 5.54. The van der Waals surface area contributed by atoms with Crippen molar-refractivity contribution in [2.75, 3.05) is 17.6 Å². The van der Waals surface area contributed by atoms with Crippen LogP contribution in [0.3, 0.4) is 0 Å². The van der Waals surface area contributed by atoms with E-state index >= 15 is 0 Å². The van der Waals surface area contributed by atoms with Crippen LogP contribution in [0, 0.1) is 19.3 Å². The lowest BCUT2D eigenvalue weighted by Gasteiger charge is -2.20. The van der Waals surface area contributed by atoms with Crippen LogP contribution < -0.4 is 11.1 Å². The fraction of sp³-hybridized carbons (Fsp3) is 0.636. The van der Waals surface area contributed by atoms with Crippen molar-refractivity contribution in [2.45, 2.75) is 34.6 Å². The highest BCUT2D eigenvalue weighted by Gasteiger charge is 2.12. The minimum absolute atomic E-state index is 0.222. The number of nitrogens with two attached hydrogens (primary N) is 1. The summed E-state index contributed by atoms with van der Waals surface area (Å²) in [7, 11) is 0. The van der Waals surface area contributed by atoms with E-state index in [1.54, 1.807) is 0 Å². The second kappa shape index (κ2) is 4.04. The van der Waals surface area contributed by atoms with Crippen molar-refractivity contribution in [3.8, 4) is 0 Å². The Morgan fingerprint density at radius 2 is 1.80 bits per heavy atom. The summed E-state index contributed by atoms with van der Waals surface area (Å²) in [6.45, 7) is 11.2. The van der Waals surface area contributed by atoms with Gasteiger partial charge in [-0.25, -0.2) is 9.97 Å². The van der Waals surface area contributed by atoms with Crippen molar-refractivity contribution in [2.24, 2.45) is 5.41 Å². The van der Waals surface area contributed by atoms with E-state index in [1.165, 1.54) is 0 Å². The first-order valence-corrected chi connectivity index (χ1v) is 5.14. The zero-order valence-electron chi connectivity index (χ0n) is 10.2. The van der Waals surface area contributed by atoms with Crippen LogP contribution in [0.1, 0.15) is 32.2 Å². The minimum Gasteiger partial charge on any atom is -0.383 e. The number of nitrogen functional groups attached to an aromatic ring is 1. The van der Waals surface area contributed by atoms with Crippen molar-refractivity contribution >= 4 is 11.6 Å². The molecule has 3 N–H and O–H groups in total. The number of hydrogen-bond acceptors (Lipinski definition) is 4. The van der Waals surface area contributed by atoms with Gasteiger partial charge in [0.15, 0.2) is 0 Å². The summed E-state index contributed by atoms with van der Waals surface area (Å²) in [5.74, 6) is 2.10. The second-order valence-corrected chi connectivity index (χ2v) is 5.04. The molecule has 0 bridgehead atoms. The topological polar surface area (TPSA) is 63.8 Å². The zero-order chi connectivity index (χ0) is 11.6. The van der Waals surface area contributed by atoms with E-state index in [-0.39, 0.29) is 5.41 Å². The number of rotatable bonds is 2. The van der Waals surface area contributed by atoms with Gasteiger partial charge in [0.2, 0.25) is 0 Å². The summed E-state index contributed by atoms with van der Waals surface area (Å²) in [5, 5.41) is 3.30. The molecule has 1 heterocycles. The van der Waals surface area contributed by atoms with Gasteiger partial charge in [-0.05, 0) is 19.3 Å². The van der Waals surface area contributed by atoms with Gasteiger partial charge in [0, 0.05) is 12.1 Å². The predicted molar refractivity (Wildman–Crippen MR) is 63.9 cm³/mol. The van der Waals surface area contributed by atoms with Gasteiger partial charge in [0.05, 0.1) is 0 Å². The molecule has 0 saturated heterocycles. The van der Waals surface area contributed by atoms with Crippen LogP contribution in [0.25, 0.3) is 0 Å². The quantitative estimate of drug-likeness (QED) is 0.781. The smallest absolute Gasteiger partial charge is 0.134 e. The zero-order valence-corrected chi connectivity index (χ0v) is 10.2. The number of nitrogens with one attached hydrogen (secondary N) is 1. The van der Waals surface area contributed by atoms with Crippen molar-refractivity contribution in [1.82, 2.24) is 9.97 Å². The number of aromatic nitrogens is 2. The van der Waals surface area contributed by atoms with Gasteiger partial charge in [-0.15, -0.1) is 0 Å². The minimum atomic E-state index is 0.222. The number of aryl methyl sites for hydroxylation is 1. The van der Waals surface area contributed by atoms with Gasteiger partial charge in [0.1, 0.15) is 17.5 Å². The standard InChI is InChI=1S/C11H20N4/c1-7-9(12)14-8(2)15-10(7)13-6-11(3,4)5/h6H2,1-5H3,(H3,12,13,14,15). The molecule has 1 aromatic rings. The van der Waals surface area contributed by atoms with E-state index in [1.807, 2.05) is 13.8 Å². The summed E-state index contributed by atoms with van der Waals surface area (Å²) >= 11 is 0. The molecule has 4 nitrogen and oxygen atoms in total. The van der Waals surface area contributed by atoms with Gasteiger partial charge in [-0.2, -0.15) is 0 Å². The molecule has 0 atom stereocenters. The SMILES string of the molecule is Cc1nc(N)c(C)c(NCC(C)(C)C)n1. The van der Waals surface area contributed by atoms with E-state index in [0.29, 0.717) is 11.6 Å². The summed E-state index contributed by atoms with van der Waals surface area (Å²) in [5.41, 5.74) is 6.91. The Balaban J connectivity index is 2.86. The van der Waals surface area contributed by atoms with E-state index in [2.05, 4.69) is 36.1 Å². The van der Waals surface area contributed by atoms with Crippen LogP contribution in [0.4, 0.5) is 11.6 Å². The molecule has 1 aromatic heterocycles. The first kappa shape index (κ1) is 11.8. The third kappa shape index (κ3) is 3.38. The van der Waals surface area contributed by atoms with E-state index < -0.39 is 0 Å². The van der Waals surface area contributed by atoms with Crippen molar-refractivity contribution in [3.05, 3.63) is 11.4 Å². The van der Waals surface area contributed by atoms with Crippen LogP contribution in [0.5, 0.6) is 0 Å². The Labute approximate surface area is 91.3 Å². The first-order valence-electron chi connectivity index (χ1n) is 5.14. The number of anilines is 2. The Morgan fingerprint density at radius 1 is 1.20 bits per heavy atom. The van der Waals surface area contributed by atoms with Crippen molar-refractivity contribution in [3.63, 3.8) is 0 Å². The molecular weight excluding hydrogens is 188 g/mol. The first-order chi connectivity index (χ1) is 6.79. The summed E-state index contributed by atoms with van der Waals surface area (Å²) in [6.07, 6.45) is 0. The maximum absolute atomic E-state index is 5.77. The van der Waals surface area contributed by atoms with Gasteiger partial charge in [-0.3, -0.25) is 0 Å². The summed E-state index contributed by atoms with van der Waals surface area (Å²) in [4.78, 5) is 8.44.